The minimum absolute atomic E-state index is 0.173. The number of rotatable bonds is 7. The number of thiophene rings is 1. The Morgan fingerprint density at radius 2 is 1.74 bits per heavy atom. The van der Waals surface area contributed by atoms with Crippen molar-refractivity contribution in [3.05, 3.63) is 74.6 Å². The van der Waals surface area contributed by atoms with E-state index in [1.54, 1.807) is 37.3 Å². The van der Waals surface area contributed by atoms with Crippen molar-refractivity contribution in [2.45, 2.75) is 26.2 Å². The number of ether oxygens (including phenoxy) is 3. The number of methoxy groups -OCH3 is 2. The van der Waals surface area contributed by atoms with Crippen LogP contribution < -0.4 is 20.2 Å². The van der Waals surface area contributed by atoms with Crippen LogP contribution in [-0.2, 0) is 27.2 Å². The zero-order valence-electron chi connectivity index (χ0n) is 21.3. The van der Waals surface area contributed by atoms with E-state index in [0.29, 0.717) is 28.3 Å². The SMILES string of the molecule is COC(=O)c1c(NC(=O)C(=O)N/N=C(\C)c2ccc(OC(=O)c3cccc(Cl)c3)c(OC)c2)sc2c1CCC2. The second kappa shape index (κ2) is 12.1. The third kappa shape index (κ3) is 6.27. The molecule has 1 aliphatic rings. The molecule has 0 aliphatic heterocycles. The number of benzene rings is 2. The zero-order chi connectivity index (χ0) is 28.1. The van der Waals surface area contributed by atoms with Crippen molar-refractivity contribution in [2.75, 3.05) is 19.5 Å². The summed E-state index contributed by atoms with van der Waals surface area (Å²) in [6.07, 6.45) is 2.44. The molecule has 0 radical (unpaired) electrons. The number of anilines is 1. The lowest BCUT2D eigenvalue weighted by Gasteiger charge is -2.11. The van der Waals surface area contributed by atoms with Crippen LogP contribution in [0.1, 0.15) is 50.1 Å². The number of carbonyl (C=O) groups is 4. The molecule has 0 bridgehead atoms. The van der Waals surface area contributed by atoms with Crippen LogP contribution in [0.3, 0.4) is 0 Å². The fourth-order valence-corrected chi connectivity index (χ4v) is 5.43. The van der Waals surface area contributed by atoms with Crippen molar-refractivity contribution >= 4 is 57.4 Å². The maximum atomic E-state index is 12.5. The molecular weight excluding hydrogens is 546 g/mol. The number of hydrogen-bond donors (Lipinski definition) is 2. The Balaban J connectivity index is 1.43. The van der Waals surface area contributed by atoms with E-state index >= 15 is 0 Å². The summed E-state index contributed by atoms with van der Waals surface area (Å²) in [5.74, 6) is -2.74. The van der Waals surface area contributed by atoms with E-state index in [-0.39, 0.29) is 22.1 Å². The van der Waals surface area contributed by atoms with E-state index in [9.17, 15) is 19.2 Å². The molecule has 0 unspecified atom stereocenters. The van der Waals surface area contributed by atoms with Gasteiger partial charge < -0.3 is 19.5 Å². The molecule has 0 spiro atoms. The van der Waals surface area contributed by atoms with Gasteiger partial charge in [0.25, 0.3) is 0 Å². The average molecular weight is 570 g/mol. The Kier molecular flexibility index (Phi) is 8.62. The lowest BCUT2D eigenvalue weighted by atomic mass is 10.1. The third-order valence-electron chi connectivity index (χ3n) is 5.91. The van der Waals surface area contributed by atoms with Gasteiger partial charge in [-0.15, -0.1) is 11.3 Å². The summed E-state index contributed by atoms with van der Waals surface area (Å²) >= 11 is 7.20. The molecule has 2 amide bonds. The van der Waals surface area contributed by atoms with Crippen molar-refractivity contribution in [3.63, 3.8) is 0 Å². The van der Waals surface area contributed by atoms with Gasteiger partial charge in [-0.3, -0.25) is 9.59 Å². The highest BCUT2D eigenvalue weighted by Crippen LogP contribution is 2.39. The molecule has 0 atom stereocenters. The molecule has 4 rings (SSSR count). The quantitative estimate of drug-likeness (QED) is 0.142. The Morgan fingerprint density at radius 3 is 2.46 bits per heavy atom. The first kappa shape index (κ1) is 27.8. The van der Waals surface area contributed by atoms with Gasteiger partial charge in [0.15, 0.2) is 11.5 Å². The lowest BCUT2D eigenvalue weighted by Crippen LogP contribution is -2.33. The lowest BCUT2D eigenvalue weighted by molar-refractivity contribution is -0.136. The Hall–Kier alpha value is -4.22. The highest BCUT2D eigenvalue weighted by molar-refractivity contribution is 7.17. The maximum absolute atomic E-state index is 12.5. The number of hydrogen-bond acceptors (Lipinski definition) is 9. The predicted molar refractivity (Wildman–Crippen MR) is 146 cm³/mol. The monoisotopic (exact) mass is 569 g/mol. The molecule has 39 heavy (non-hydrogen) atoms. The molecule has 1 aliphatic carbocycles. The molecule has 202 valence electrons. The van der Waals surface area contributed by atoms with Gasteiger partial charge in [-0.25, -0.2) is 15.0 Å². The van der Waals surface area contributed by atoms with Crippen LogP contribution in [0, 0.1) is 0 Å². The number of esters is 2. The molecule has 3 aromatic rings. The second-order valence-corrected chi connectivity index (χ2v) is 9.95. The first-order valence-electron chi connectivity index (χ1n) is 11.8. The van der Waals surface area contributed by atoms with Crippen molar-refractivity contribution < 1.29 is 33.4 Å². The Labute approximate surface area is 232 Å². The van der Waals surface area contributed by atoms with Gasteiger partial charge in [0, 0.05) is 15.5 Å². The summed E-state index contributed by atoms with van der Waals surface area (Å²) in [7, 11) is 2.68. The Bertz CT molecular complexity index is 1500. The van der Waals surface area contributed by atoms with E-state index in [1.165, 1.54) is 37.7 Å². The predicted octanol–water partition coefficient (Wildman–Crippen LogP) is 4.38. The van der Waals surface area contributed by atoms with Crippen LogP contribution >= 0.6 is 22.9 Å². The van der Waals surface area contributed by atoms with E-state index in [2.05, 4.69) is 15.8 Å². The number of carbonyl (C=O) groups excluding carboxylic acids is 4. The molecule has 1 aromatic heterocycles. The van der Waals surface area contributed by atoms with E-state index in [0.717, 1.165) is 23.3 Å². The summed E-state index contributed by atoms with van der Waals surface area (Å²) < 4.78 is 15.6. The second-order valence-electron chi connectivity index (χ2n) is 8.41. The highest BCUT2D eigenvalue weighted by Gasteiger charge is 2.29. The van der Waals surface area contributed by atoms with Crippen LogP contribution in [0.5, 0.6) is 11.5 Å². The number of nitrogens with one attached hydrogen (secondary N) is 2. The van der Waals surface area contributed by atoms with Crippen molar-refractivity contribution in [1.82, 2.24) is 5.43 Å². The number of fused-ring (bicyclic) bond motifs is 1. The molecule has 0 saturated heterocycles. The van der Waals surface area contributed by atoms with Crippen LogP contribution in [0.2, 0.25) is 5.02 Å². The molecular formula is C27H24ClN3O7S. The topological polar surface area (TPSA) is 132 Å². The molecule has 2 N–H and O–H groups in total. The third-order valence-corrected chi connectivity index (χ3v) is 7.36. The number of halogens is 1. The Morgan fingerprint density at radius 1 is 0.949 bits per heavy atom. The van der Waals surface area contributed by atoms with E-state index < -0.39 is 23.8 Å². The zero-order valence-corrected chi connectivity index (χ0v) is 22.8. The molecule has 2 aromatic carbocycles. The standard InChI is InChI=1S/C27H24ClN3O7S/c1-14(15-10-11-19(20(13-15)36-2)38-26(34)16-6-4-7-17(28)12-16)30-31-24(33)23(32)29-25-22(27(35)37-3)18-8-5-9-21(18)39-25/h4,6-7,10-13H,5,8-9H2,1-3H3,(H,29,32)(H,31,33)/b30-14+. The van der Waals surface area contributed by atoms with Gasteiger partial charge in [-0.2, -0.15) is 5.10 Å². The number of amides is 2. The first-order valence-corrected chi connectivity index (χ1v) is 13.0. The van der Waals surface area contributed by atoms with Crippen LogP contribution in [-0.4, -0.2) is 43.7 Å². The molecule has 0 fully saturated rings. The minimum Gasteiger partial charge on any atom is -0.493 e. The van der Waals surface area contributed by atoms with Crippen LogP contribution in [0.4, 0.5) is 5.00 Å². The smallest absolute Gasteiger partial charge is 0.343 e. The first-order chi connectivity index (χ1) is 18.7. The van der Waals surface area contributed by atoms with Gasteiger partial charge in [0.05, 0.1) is 31.1 Å². The number of hydrazone groups is 1. The molecule has 10 nitrogen and oxygen atoms in total. The van der Waals surface area contributed by atoms with Gasteiger partial charge in [-0.1, -0.05) is 17.7 Å². The summed E-state index contributed by atoms with van der Waals surface area (Å²) in [6, 6.07) is 11.1. The number of aryl methyl sites for hydroxylation is 1. The fourth-order valence-electron chi connectivity index (χ4n) is 3.97. The highest BCUT2D eigenvalue weighted by atomic mass is 35.5. The average Bonchev–Trinajstić information content (AvgIpc) is 3.52. The number of nitrogens with zero attached hydrogens (tertiary/aromatic N) is 1. The van der Waals surface area contributed by atoms with Gasteiger partial charge in [-0.05, 0) is 68.1 Å². The van der Waals surface area contributed by atoms with E-state index in [4.69, 9.17) is 25.8 Å². The molecule has 1 heterocycles. The summed E-state index contributed by atoms with van der Waals surface area (Å²) in [4.78, 5) is 50.7. The van der Waals surface area contributed by atoms with Crippen molar-refractivity contribution in [1.29, 1.82) is 0 Å². The van der Waals surface area contributed by atoms with Gasteiger partial charge >= 0.3 is 23.8 Å². The van der Waals surface area contributed by atoms with Crippen LogP contribution in [0.25, 0.3) is 0 Å². The normalized spacial score (nSPS) is 12.4. The summed E-state index contributed by atoms with van der Waals surface area (Å²) in [5.41, 5.74) is 4.53. The van der Waals surface area contributed by atoms with Crippen molar-refractivity contribution in [3.8, 4) is 11.5 Å². The summed E-state index contributed by atoms with van der Waals surface area (Å²) in [5, 5.41) is 7.17. The van der Waals surface area contributed by atoms with Gasteiger partial charge in [0.2, 0.25) is 0 Å². The van der Waals surface area contributed by atoms with Crippen molar-refractivity contribution in [2.24, 2.45) is 5.10 Å². The van der Waals surface area contributed by atoms with Gasteiger partial charge in [0.1, 0.15) is 5.00 Å². The fraction of sp³-hybridized carbons (Fsp3) is 0.222. The van der Waals surface area contributed by atoms with Crippen LogP contribution in [0.15, 0.2) is 47.6 Å². The maximum Gasteiger partial charge on any atom is 0.343 e. The van der Waals surface area contributed by atoms with E-state index in [1.807, 2.05) is 0 Å². The largest absolute Gasteiger partial charge is 0.493 e. The molecule has 12 heteroatoms. The summed E-state index contributed by atoms with van der Waals surface area (Å²) in [6.45, 7) is 1.61. The minimum atomic E-state index is -1.02. The molecule has 0 saturated carbocycles.